The average Bonchev–Trinajstić information content (AvgIpc) is 3.18. The van der Waals surface area contributed by atoms with Gasteiger partial charge in [0.15, 0.2) is 5.96 Å². The molecule has 1 aliphatic heterocycles. The number of benzene rings is 1. The van der Waals surface area contributed by atoms with Gasteiger partial charge in [-0.15, -0.1) is 0 Å². The van der Waals surface area contributed by atoms with E-state index in [9.17, 15) is 9.90 Å². The fourth-order valence-electron chi connectivity index (χ4n) is 3.21. The van der Waals surface area contributed by atoms with Crippen molar-refractivity contribution < 1.29 is 24.1 Å². The van der Waals surface area contributed by atoms with Crippen LogP contribution in [-0.4, -0.2) is 64.2 Å². The predicted octanol–water partition coefficient (Wildman–Crippen LogP) is 1.33. The number of nitrogens with one attached hydrogen (secondary N) is 2. The third-order valence-electron chi connectivity index (χ3n) is 4.89. The molecule has 0 spiro atoms. The SMILES string of the molecule is CCNC(=NCc1ccc(C(=O)OC)c(OC)c1)NCC1(CCO)CCOC1. The number of ether oxygens (including phenoxy) is 3. The van der Waals surface area contributed by atoms with E-state index in [-0.39, 0.29) is 12.0 Å². The Hall–Kier alpha value is -2.32. The number of aliphatic hydroxyl groups is 1. The van der Waals surface area contributed by atoms with Crippen molar-refractivity contribution in [2.75, 3.05) is 47.1 Å². The van der Waals surface area contributed by atoms with Gasteiger partial charge < -0.3 is 30.0 Å². The van der Waals surface area contributed by atoms with E-state index in [1.807, 2.05) is 13.0 Å². The lowest BCUT2D eigenvalue weighted by Crippen LogP contribution is -2.44. The molecular weight excluding hydrogens is 362 g/mol. The summed E-state index contributed by atoms with van der Waals surface area (Å²) in [7, 11) is 2.86. The van der Waals surface area contributed by atoms with E-state index < -0.39 is 5.97 Å². The van der Waals surface area contributed by atoms with Crippen LogP contribution >= 0.6 is 0 Å². The normalized spacial score (nSPS) is 19.4. The topological polar surface area (TPSA) is 101 Å². The van der Waals surface area contributed by atoms with Crippen LogP contribution in [0.2, 0.25) is 0 Å². The van der Waals surface area contributed by atoms with Gasteiger partial charge in [0.25, 0.3) is 0 Å². The van der Waals surface area contributed by atoms with E-state index in [2.05, 4.69) is 15.6 Å². The van der Waals surface area contributed by atoms with Crippen LogP contribution in [0.4, 0.5) is 0 Å². The molecule has 0 amide bonds. The van der Waals surface area contributed by atoms with Gasteiger partial charge in [-0.2, -0.15) is 0 Å². The summed E-state index contributed by atoms with van der Waals surface area (Å²) in [4.78, 5) is 16.4. The van der Waals surface area contributed by atoms with E-state index in [0.717, 1.165) is 25.1 Å². The minimum Gasteiger partial charge on any atom is -0.496 e. The van der Waals surface area contributed by atoms with Crippen LogP contribution in [0.1, 0.15) is 35.7 Å². The molecule has 2 rings (SSSR count). The van der Waals surface area contributed by atoms with Crippen LogP contribution in [-0.2, 0) is 16.0 Å². The molecule has 1 atom stereocenters. The van der Waals surface area contributed by atoms with Crippen LogP contribution in [0.3, 0.4) is 0 Å². The number of aliphatic imine (C=N–C) groups is 1. The molecule has 1 aromatic rings. The van der Waals surface area contributed by atoms with E-state index in [1.54, 1.807) is 12.1 Å². The Morgan fingerprint density at radius 3 is 2.79 bits per heavy atom. The molecule has 1 heterocycles. The third-order valence-corrected chi connectivity index (χ3v) is 4.89. The minimum absolute atomic E-state index is 0.0592. The van der Waals surface area contributed by atoms with Crippen molar-refractivity contribution in [2.24, 2.45) is 10.4 Å². The van der Waals surface area contributed by atoms with Crippen molar-refractivity contribution >= 4 is 11.9 Å². The van der Waals surface area contributed by atoms with Gasteiger partial charge in [0.2, 0.25) is 0 Å². The largest absolute Gasteiger partial charge is 0.496 e. The Kier molecular flexibility index (Phi) is 8.53. The first-order chi connectivity index (χ1) is 13.6. The fraction of sp³-hybridized carbons (Fsp3) is 0.600. The molecule has 8 nitrogen and oxygen atoms in total. The van der Waals surface area contributed by atoms with Crippen molar-refractivity contribution in [1.29, 1.82) is 0 Å². The maximum absolute atomic E-state index is 11.8. The van der Waals surface area contributed by atoms with Crippen molar-refractivity contribution in [1.82, 2.24) is 10.6 Å². The second-order valence-electron chi connectivity index (χ2n) is 6.85. The zero-order valence-electron chi connectivity index (χ0n) is 16.9. The lowest BCUT2D eigenvalue weighted by Gasteiger charge is -2.27. The number of methoxy groups -OCH3 is 2. The highest BCUT2D eigenvalue weighted by Gasteiger charge is 2.34. The standard InChI is InChI=1S/C20H31N3O5/c1-4-21-19(23-13-20(7-9-24)8-10-28-14-20)22-12-15-5-6-16(18(25)27-3)17(11-15)26-2/h5-6,11,24H,4,7-10,12-14H2,1-3H3,(H2,21,22,23). The number of guanidine groups is 1. The van der Waals surface area contributed by atoms with Gasteiger partial charge in [-0.3, -0.25) is 0 Å². The molecule has 1 aliphatic rings. The molecule has 8 heteroatoms. The van der Waals surface area contributed by atoms with Gasteiger partial charge in [-0.05, 0) is 37.5 Å². The fourth-order valence-corrected chi connectivity index (χ4v) is 3.21. The van der Waals surface area contributed by atoms with E-state index in [4.69, 9.17) is 14.2 Å². The highest BCUT2D eigenvalue weighted by atomic mass is 16.5. The molecule has 1 aromatic carbocycles. The van der Waals surface area contributed by atoms with E-state index in [1.165, 1.54) is 14.2 Å². The van der Waals surface area contributed by atoms with Gasteiger partial charge in [0.1, 0.15) is 11.3 Å². The summed E-state index contributed by atoms with van der Waals surface area (Å²) in [6.45, 7) is 5.37. The van der Waals surface area contributed by atoms with Crippen LogP contribution in [0.25, 0.3) is 0 Å². The quantitative estimate of drug-likeness (QED) is 0.330. The van der Waals surface area contributed by atoms with Crippen LogP contribution < -0.4 is 15.4 Å². The Morgan fingerprint density at radius 2 is 2.18 bits per heavy atom. The maximum Gasteiger partial charge on any atom is 0.341 e. The average molecular weight is 393 g/mol. The number of carbonyl (C=O) groups excluding carboxylic acids is 1. The van der Waals surface area contributed by atoms with Crippen LogP contribution in [0, 0.1) is 5.41 Å². The first kappa shape index (κ1) is 22.0. The Morgan fingerprint density at radius 1 is 1.36 bits per heavy atom. The molecule has 0 aliphatic carbocycles. The summed E-state index contributed by atoms with van der Waals surface area (Å²) >= 11 is 0. The molecule has 0 aromatic heterocycles. The highest BCUT2D eigenvalue weighted by Crippen LogP contribution is 2.31. The number of rotatable bonds is 9. The smallest absolute Gasteiger partial charge is 0.341 e. The van der Waals surface area contributed by atoms with Gasteiger partial charge in [-0.25, -0.2) is 9.79 Å². The zero-order chi connectivity index (χ0) is 20.4. The Balaban J connectivity index is 2.06. The summed E-state index contributed by atoms with van der Waals surface area (Å²) in [5, 5.41) is 16.0. The monoisotopic (exact) mass is 393 g/mol. The molecule has 28 heavy (non-hydrogen) atoms. The molecule has 0 bridgehead atoms. The van der Waals surface area contributed by atoms with Crippen molar-refractivity contribution in [2.45, 2.75) is 26.3 Å². The summed E-state index contributed by atoms with van der Waals surface area (Å²) < 4.78 is 15.6. The number of hydrogen-bond acceptors (Lipinski definition) is 6. The molecule has 0 saturated carbocycles. The predicted molar refractivity (Wildman–Crippen MR) is 107 cm³/mol. The maximum atomic E-state index is 11.8. The number of carbonyl (C=O) groups is 1. The van der Waals surface area contributed by atoms with Crippen LogP contribution in [0.5, 0.6) is 5.75 Å². The van der Waals surface area contributed by atoms with Crippen molar-refractivity contribution in [3.05, 3.63) is 29.3 Å². The van der Waals surface area contributed by atoms with Gasteiger partial charge in [0.05, 0.1) is 27.4 Å². The van der Waals surface area contributed by atoms with E-state index >= 15 is 0 Å². The molecule has 1 unspecified atom stereocenters. The molecule has 156 valence electrons. The molecular formula is C20H31N3O5. The number of esters is 1. The number of hydrogen-bond donors (Lipinski definition) is 3. The van der Waals surface area contributed by atoms with Crippen molar-refractivity contribution in [3.63, 3.8) is 0 Å². The lowest BCUT2D eigenvalue weighted by atomic mass is 9.84. The molecule has 1 fully saturated rings. The van der Waals surface area contributed by atoms with Crippen molar-refractivity contribution in [3.8, 4) is 5.75 Å². The van der Waals surface area contributed by atoms with Gasteiger partial charge in [0, 0.05) is 31.7 Å². The van der Waals surface area contributed by atoms with E-state index in [0.29, 0.717) is 43.4 Å². The third kappa shape index (κ3) is 5.84. The summed E-state index contributed by atoms with van der Waals surface area (Å²) in [5.74, 6) is 0.722. The zero-order valence-corrected chi connectivity index (χ0v) is 16.9. The molecule has 3 N–H and O–H groups in total. The Labute approximate surface area is 166 Å². The first-order valence-corrected chi connectivity index (χ1v) is 9.53. The number of nitrogens with zero attached hydrogens (tertiary/aromatic N) is 1. The summed E-state index contributed by atoms with van der Waals surface area (Å²) in [6, 6.07) is 5.30. The van der Waals surface area contributed by atoms with Gasteiger partial charge >= 0.3 is 5.97 Å². The molecule has 0 radical (unpaired) electrons. The van der Waals surface area contributed by atoms with Gasteiger partial charge in [-0.1, -0.05) is 6.07 Å². The van der Waals surface area contributed by atoms with Crippen LogP contribution in [0.15, 0.2) is 23.2 Å². The first-order valence-electron chi connectivity index (χ1n) is 9.53. The summed E-state index contributed by atoms with van der Waals surface area (Å²) in [6.07, 6.45) is 1.62. The molecule has 1 saturated heterocycles. The second-order valence-corrected chi connectivity index (χ2v) is 6.85. The second kappa shape index (κ2) is 10.9. The highest BCUT2D eigenvalue weighted by molar-refractivity contribution is 5.92. The minimum atomic E-state index is -0.435. The lowest BCUT2D eigenvalue weighted by molar-refractivity contribution is 0.0597. The summed E-state index contributed by atoms with van der Waals surface area (Å²) in [5.41, 5.74) is 1.24. The Bertz CT molecular complexity index is 672. The number of aliphatic hydroxyl groups excluding tert-OH is 1.